The zero-order chi connectivity index (χ0) is 19.1. The molecule has 2 N–H and O–H groups in total. The Morgan fingerprint density at radius 3 is 2.46 bits per heavy atom. The molecule has 0 radical (unpaired) electrons. The summed E-state index contributed by atoms with van der Waals surface area (Å²) < 4.78 is 10.9. The van der Waals surface area contributed by atoms with Gasteiger partial charge in [0, 0.05) is 5.02 Å². The molecule has 2 aromatic carbocycles. The number of halogens is 2. The van der Waals surface area contributed by atoms with Crippen LogP contribution in [-0.4, -0.2) is 30.2 Å². The fourth-order valence-electron chi connectivity index (χ4n) is 2.02. The van der Waals surface area contributed by atoms with Crippen LogP contribution in [0, 0.1) is 0 Å². The highest BCUT2D eigenvalue weighted by molar-refractivity contribution is 6.35. The molecule has 1 amide bonds. The largest absolute Gasteiger partial charge is 0.491 e. The number of benzene rings is 2. The molecule has 0 saturated carbocycles. The second kappa shape index (κ2) is 9.31. The van der Waals surface area contributed by atoms with Gasteiger partial charge in [0.05, 0.1) is 22.9 Å². The minimum absolute atomic E-state index is 0.0332. The maximum absolute atomic E-state index is 12.2. The molecule has 0 aromatic heterocycles. The summed E-state index contributed by atoms with van der Waals surface area (Å²) >= 11 is 11.8. The van der Waals surface area contributed by atoms with Crippen LogP contribution >= 0.6 is 23.2 Å². The van der Waals surface area contributed by atoms with Crippen molar-refractivity contribution in [1.29, 1.82) is 0 Å². The fourth-order valence-corrected chi connectivity index (χ4v) is 2.48. The summed E-state index contributed by atoms with van der Waals surface area (Å²) in [5.74, 6) is -0.894. The molecular formula is C18H17Cl2NO5. The summed E-state index contributed by atoms with van der Waals surface area (Å²) in [7, 11) is 0. The van der Waals surface area contributed by atoms with Crippen LogP contribution in [0.25, 0.3) is 0 Å². The minimum Gasteiger partial charge on any atom is -0.491 e. The number of amides is 1. The zero-order valence-corrected chi connectivity index (χ0v) is 15.4. The summed E-state index contributed by atoms with van der Waals surface area (Å²) in [6.45, 7) is 2.06. The molecule has 0 aliphatic rings. The van der Waals surface area contributed by atoms with Crippen LogP contribution in [0.2, 0.25) is 10.0 Å². The van der Waals surface area contributed by atoms with Crippen molar-refractivity contribution >= 4 is 40.8 Å². The van der Waals surface area contributed by atoms with Gasteiger partial charge in [-0.25, -0.2) is 4.79 Å². The van der Waals surface area contributed by atoms with Crippen LogP contribution in [-0.2, 0) is 4.79 Å². The Morgan fingerprint density at radius 1 is 1.08 bits per heavy atom. The van der Waals surface area contributed by atoms with Crippen LogP contribution in [0.1, 0.15) is 23.7 Å². The standard InChI is InChI=1S/C18H17Cl2NO5/c1-2-7-25-16-5-3-11(18(23)24)8-14(16)21-17(22)10-26-15-6-4-12(19)9-13(15)20/h3-6,8-9H,2,7,10H2,1H3,(H,21,22)(H,23,24). The van der Waals surface area contributed by atoms with Gasteiger partial charge in [0.15, 0.2) is 6.61 Å². The molecule has 2 aromatic rings. The lowest BCUT2D eigenvalue weighted by Crippen LogP contribution is -2.21. The SMILES string of the molecule is CCCOc1ccc(C(=O)O)cc1NC(=O)COc1ccc(Cl)cc1Cl. The summed E-state index contributed by atoms with van der Waals surface area (Å²) in [6, 6.07) is 8.90. The van der Waals surface area contributed by atoms with Crippen molar-refractivity contribution in [2.75, 3.05) is 18.5 Å². The number of carbonyl (C=O) groups is 2. The molecule has 0 atom stereocenters. The lowest BCUT2D eigenvalue weighted by molar-refractivity contribution is -0.118. The smallest absolute Gasteiger partial charge is 0.335 e. The lowest BCUT2D eigenvalue weighted by atomic mass is 10.2. The first-order chi connectivity index (χ1) is 12.4. The highest BCUT2D eigenvalue weighted by atomic mass is 35.5. The quantitative estimate of drug-likeness (QED) is 0.684. The number of nitrogens with one attached hydrogen (secondary N) is 1. The molecule has 8 heteroatoms. The average molecular weight is 398 g/mol. The van der Waals surface area contributed by atoms with Gasteiger partial charge in [0.1, 0.15) is 11.5 Å². The Balaban J connectivity index is 2.08. The molecule has 0 unspecified atom stereocenters. The number of rotatable bonds is 8. The van der Waals surface area contributed by atoms with E-state index in [4.69, 9.17) is 37.8 Å². The summed E-state index contributed by atoms with van der Waals surface area (Å²) in [5, 5.41) is 12.4. The molecule has 0 bridgehead atoms. The second-order valence-electron chi connectivity index (χ2n) is 5.28. The maximum Gasteiger partial charge on any atom is 0.335 e. The van der Waals surface area contributed by atoms with Crippen molar-refractivity contribution in [3.8, 4) is 11.5 Å². The van der Waals surface area contributed by atoms with E-state index in [0.717, 1.165) is 6.42 Å². The molecule has 6 nitrogen and oxygen atoms in total. The van der Waals surface area contributed by atoms with E-state index in [1.54, 1.807) is 12.1 Å². The number of hydrogen-bond donors (Lipinski definition) is 2. The summed E-state index contributed by atoms with van der Waals surface area (Å²) in [4.78, 5) is 23.3. The molecule has 26 heavy (non-hydrogen) atoms. The predicted molar refractivity (Wildman–Crippen MR) is 99.8 cm³/mol. The molecule has 0 fully saturated rings. The number of ether oxygens (including phenoxy) is 2. The third-order valence-electron chi connectivity index (χ3n) is 3.21. The Morgan fingerprint density at radius 2 is 1.81 bits per heavy atom. The predicted octanol–water partition coefficient (Wildman–Crippen LogP) is 4.50. The molecule has 0 heterocycles. The maximum atomic E-state index is 12.2. The van der Waals surface area contributed by atoms with Crippen molar-refractivity contribution in [3.63, 3.8) is 0 Å². The van der Waals surface area contributed by atoms with E-state index in [2.05, 4.69) is 5.32 Å². The van der Waals surface area contributed by atoms with E-state index in [1.807, 2.05) is 6.92 Å². The molecule has 0 aliphatic carbocycles. The molecule has 0 aliphatic heterocycles. The van der Waals surface area contributed by atoms with Gasteiger partial charge in [-0.05, 0) is 42.8 Å². The number of aromatic carboxylic acids is 1. The van der Waals surface area contributed by atoms with Crippen LogP contribution in [0.4, 0.5) is 5.69 Å². The van der Waals surface area contributed by atoms with Gasteiger partial charge in [-0.2, -0.15) is 0 Å². The number of carbonyl (C=O) groups excluding carboxylic acids is 1. The Labute approximate surface area is 160 Å². The first-order valence-corrected chi connectivity index (χ1v) is 8.54. The Bertz CT molecular complexity index is 810. The van der Waals surface area contributed by atoms with Crippen molar-refractivity contribution in [2.45, 2.75) is 13.3 Å². The van der Waals surface area contributed by atoms with Gasteiger partial charge in [-0.3, -0.25) is 4.79 Å². The molecule has 0 spiro atoms. The number of carboxylic acid groups (broad SMARTS) is 1. The Kier molecular flexibility index (Phi) is 7.12. The first-order valence-electron chi connectivity index (χ1n) is 7.78. The molecular weight excluding hydrogens is 381 g/mol. The second-order valence-corrected chi connectivity index (χ2v) is 6.12. The van der Waals surface area contributed by atoms with E-state index >= 15 is 0 Å². The average Bonchev–Trinajstić information content (AvgIpc) is 2.59. The minimum atomic E-state index is -1.10. The van der Waals surface area contributed by atoms with Gasteiger partial charge in [-0.1, -0.05) is 30.1 Å². The highest BCUT2D eigenvalue weighted by Crippen LogP contribution is 2.28. The van der Waals surface area contributed by atoms with E-state index < -0.39 is 11.9 Å². The topological polar surface area (TPSA) is 84.9 Å². The van der Waals surface area contributed by atoms with Crippen molar-refractivity contribution < 1.29 is 24.2 Å². The van der Waals surface area contributed by atoms with Gasteiger partial charge in [0.25, 0.3) is 5.91 Å². The van der Waals surface area contributed by atoms with Crippen LogP contribution in [0.3, 0.4) is 0 Å². The van der Waals surface area contributed by atoms with Gasteiger partial charge >= 0.3 is 5.97 Å². The summed E-state index contributed by atoms with van der Waals surface area (Å²) in [5.41, 5.74) is 0.292. The van der Waals surface area contributed by atoms with E-state index in [1.165, 1.54) is 24.3 Å². The third-order valence-corrected chi connectivity index (χ3v) is 3.75. The van der Waals surface area contributed by atoms with Crippen molar-refractivity contribution in [2.24, 2.45) is 0 Å². The van der Waals surface area contributed by atoms with E-state index in [-0.39, 0.29) is 22.9 Å². The molecule has 0 saturated heterocycles. The van der Waals surface area contributed by atoms with E-state index in [9.17, 15) is 9.59 Å². The van der Waals surface area contributed by atoms with Crippen molar-refractivity contribution in [3.05, 3.63) is 52.0 Å². The highest BCUT2D eigenvalue weighted by Gasteiger charge is 2.13. The number of anilines is 1. The number of carboxylic acids is 1. The summed E-state index contributed by atoms with van der Waals surface area (Å²) in [6.07, 6.45) is 0.770. The van der Waals surface area contributed by atoms with Gasteiger partial charge < -0.3 is 19.9 Å². The number of hydrogen-bond acceptors (Lipinski definition) is 4. The van der Waals surface area contributed by atoms with E-state index in [0.29, 0.717) is 23.1 Å². The zero-order valence-electron chi connectivity index (χ0n) is 13.9. The van der Waals surface area contributed by atoms with Gasteiger partial charge in [-0.15, -0.1) is 0 Å². The van der Waals surface area contributed by atoms with Crippen LogP contribution in [0.5, 0.6) is 11.5 Å². The molecule has 138 valence electrons. The molecule has 2 rings (SSSR count). The normalized spacial score (nSPS) is 10.3. The fraction of sp³-hybridized carbons (Fsp3) is 0.222. The van der Waals surface area contributed by atoms with Crippen molar-refractivity contribution in [1.82, 2.24) is 0 Å². The lowest BCUT2D eigenvalue weighted by Gasteiger charge is -2.13. The third kappa shape index (κ3) is 5.54. The van der Waals surface area contributed by atoms with Crippen LogP contribution < -0.4 is 14.8 Å². The first kappa shape index (κ1) is 19.9. The monoisotopic (exact) mass is 397 g/mol. The van der Waals surface area contributed by atoms with Gasteiger partial charge in [0.2, 0.25) is 0 Å². The Hall–Kier alpha value is -2.44. The van der Waals surface area contributed by atoms with Crippen LogP contribution in [0.15, 0.2) is 36.4 Å².